The van der Waals surface area contributed by atoms with Gasteiger partial charge in [0.25, 0.3) is 0 Å². The van der Waals surface area contributed by atoms with Gasteiger partial charge in [0.15, 0.2) is 0 Å². The SMILES string of the molecule is CC1CCCC(CNc2nnc(CN)o2)C1. The Kier molecular flexibility index (Phi) is 3.77. The molecule has 90 valence electrons. The zero-order chi connectivity index (χ0) is 11.4. The quantitative estimate of drug-likeness (QED) is 0.815. The van der Waals surface area contributed by atoms with E-state index in [4.69, 9.17) is 10.2 Å². The molecule has 0 amide bonds. The van der Waals surface area contributed by atoms with Gasteiger partial charge < -0.3 is 15.5 Å². The van der Waals surface area contributed by atoms with Crippen molar-refractivity contribution < 1.29 is 4.42 Å². The zero-order valence-electron chi connectivity index (χ0n) is 9.78. The molecule has 0 radical (unpaired) electrons. The zero-order valence-corrected chi connectivity index (χ0v) is 9.78. The van der Waals surface area contributed by atoms with Crippen LogP contribution in [0.15, 0.2) is 4.42 Å². The summed E-state index contributed by atoms with van der Waals surface area (Å²) in [5, 5.41) is 10.9. The summed E-state index contributed by atoms with van der Waals surface area (Å²) in [4.78, 5) is 0. The van der Waals surface area contributed by atoms with Crippen LogP contribution in [0.25, 0.3) is 0 Å². The van der Waals surface area contributed by atoms with Crippen LogP contribution in [-0.2, 0) is 6.54 Å². The van der Waals surface area contributed by atoms with Gasteiger partial charge in [-0.2, -0.15) is 0 Å². The number of rotatable bonds is 4. The molecule has 0 bridgehead atoms. The topological polar surface area (TPSA) is 77.0 Å². The Bertz CT molecular complexity index is 326. The molecule has 5 nitrogen and oxygen atoms in total. The molecule has 1 fully saturated rings. The van der Waals surface area contributed by atoms with Gasteiger partial charge in [0, 0.05) is 6.54 Å². The normalized spacial score (nSPS) is 25.6. The van der Waals surface area contributed by atoms with Crippen LogP contribution in [0.4, 0.5) is 6.01 Å². The van der Waals surface area contributed by atoms with E-state index in [1.807, 2.05) is 0 Å². The van der Waals surface area contributed by atoms with Crippen molar-refractivity contribution >= 4 is 6.01 Å². The van der Waals surface area contributed by atoms with Crippen LogP contribution in [-0.4, -0.2) is 16.7 Å². The Morgan fingerprint density at radius 1 is 1.44 bits per heavy atom. The van der Waals surface area contributed by atoms with Crippen LogP contribution in [0.2, 0.25) is 0 Å². The van der Waals surface area contributed by atoms with Crippen molar-refractivity contribution in [1.82, 2.24) is 10.2 Å². The second-order valence-corrected chi connectivity index (χ2v) is 4.72. The summed E-state index contributed by atoms with van der Waals surface area (Å²) in [5.41, 5.74) is 5.40. The third kappa shape index (κ3) is 2.95. The van der Waals surface area contributed by atoms with Crippen LogP contribution < -0.4 is 11.1 Å². The monoisotopic (exact) mass is 224 g/mol. The Balaban J connectivity index is 1.78. The molecule has 1 aromatic heterocycles. The summed E-state index contributed by atoms with van der Waals surface area (Å²) < 4.78 is 5.29. The van der Waals surface area contributed by atoms with E-state index in [9.17, 15) is 0 Å². The highest BCUT2D eigenvalue weighted by Crippen LogP contribution is 2.28. The number of hydrogen-bond donors (Lipinski definition) is 2. The van der Waals surface area contributed by atoms with E-state index in [2.05, 4.69) is 22.4 Å². The van der Waals surface area contributed by atoms with Crippen LogP contribution in [0.5, 0.6) is 0 Å². The Labute approximate surface area is 95.8 Å². The van der Waals surface area contributed by atoms with Gasteiger partial charge in [-0.3, -0.25) is 0 Å². The minimum absolute atomic E-state index is 0.301. The van der Waals surface area contributed by atoms with E-state index in [0.29, 0.717) is 18.5 Å². The first-order valence-corrected chi connectivity index (χ1v) is 6.04. The summed E-state index contributed by atoms with van der Waals surface area (Å²) in [5.74, 6) is 2.07. The maximum Gasteiger partial charge on any atom is 0.315 e. The van der Waals surface area contributed by atoms with Gasteiger partial charge in [0.2, 0.25) is 5.89 Å². The Morgan fingerprint density at radius 2 is 2.31 bits per heavy atom. The van der Waals surface area contributed by atoms with Crippen LogP contribution in [0.1, 0.15) is 38.5 Å². The summed E-state index contributed by atoms with van der Waals surface area (Å²) >= 11 is 0. The second kappa shape index (κ2) is 5.30. The minimum Gasteiger partial charge on any atom is -0.407 e. The molecule has 0 aliphatic heterocycles. The number of nitrogens with one attached hydrogen (secondary N) is 1. The molecule has 1 aliphatic rings. The molecule has 2 rings (SSSR count). The number of nitrogens with zero attached hydrogens (tertiary/aromatic N) is 2. The summed E-state index contributed by atoms with van der Waals surface area (Å²) in [6.45, 7) is 3.55. The fourth-order valence-electron chi connectivity index (χ4n) is 2.38. The third-order valence-corrected chi connectivity index (χ3v) is 3.23. The third-order valence-electron chi connectivity index (χ3n) is 3.23. The molecule has 16 heavy (non-hydrogen) atoms. The van der Waals surface area contributed by atoms with Crippen molar-refractivity contribution in [3.05, 3.63) is 5.89 Å². The smallest absolute Gasteiger partial charge is 0.315 e. The van der Waals surface area contributed by atoms with E-state index in [0.717, 1.165) is 18.4 Å². The molecule has 0 spiro atoms. The first kappa shape index (κ1) is 11.4. The predicted molar refractivity (Wildman–Crippen MR) is 61.8 cm³/mol. The highest BCUT2D eigenvalue weighted by Gasteiger charge is 2.19. The van der Waals surface area contributed by atoms with Gasteiger partial charge in [-0.25, -0.2) is 0 Å². The van der Waals surface area contributed by atoms with E-state index in [-0.39, 0.29) is 0 Å². The van der Waals surface area contributed by atoms with E-state index < -0.39 is 0 Å². The molecule has 5 heteroatoms. The summed E-state index contributed by atoms with van der Waals surface area (Å²) in [7, 11) is 0. The molecular formula is C11H20N4O. The first-order valence-electron chi connectivity index (χ1n) is 6.04. The largest absolute Gasteiger partial charge is 0.407 e. The lowest BCUT2D eigenvalue weighted by Gasteiger charge is -2.26. The fourth-order valence-corrected chi connectivity index (χ4v) is 2.38. The van der Waals surface area contributed by atoms with Gasteiger partial charge in [-0.15, -0.1) is 5.10 Å². The lowest BCUT2D eigenvalue weighted by atomic mass is 9.82. The summed E-state index contributed by atoms with van der Waals surface area (Å²) in [6, 6.07) is 0.499. The van der Waals surface area contributed by atoms with Crippen molar-refractivity contribution in [3.8, 4) is 0 Å². The van der Waals surface area contributed by atoms with Crippen LogP contribution in [0, 0.1) is 11.8 Å². The fraction of sp³-hybridized carbons (Fsp3) is 0.818. The van der Waals surface area contributed by atoms with Gasteiger partial charge in [0.1, 0.15) is 0 Å². The standard InChI is InChI=1S/C11H20N4O/c1-8-3-2-4-9(5-8)7-13-11-15-14-10(6-12)16-11/h8-9H,2-7,12H2,1H3,(H,13,15). The Hall–Kier alpha value is -1.10. The van der Waals surface area contributed by atoms with Crippen LogP contribution in [0.3, 0.4) is 0 Å². The Morgan fingerprint density at radius 3 is 3.00 bits per heavy atom. The van der Waals surface area contributed by atoms with Crippen molar-refractivity contribution in [1.29, 1.82) is 0 Å². The van der Waals surface area contributed by atoms with Crippen LogP contribution >= 0.6 is 0 Å². The van der Waals surface area contributed by atoms with Crippen molar-refractivity contribution in [2.45, 2.75) is 39.2 Å². The molecule has 3 N–H and O–H groups in total. The molecule has 0 saturated heterocycles. The molecule has 1 heterocycles. The van der Waals surface area contributed by atoms with Gasteiger partial charge in [0.05, 0.1) is 6.54 Å². The molecular weight excluding hydrogens is 204 g/mol. The van der Waals surface area contributed by atoms with Crippen molar-refractivity contribution in [2.24, 2.45) is 17.6 Å². The lowest BCUT2D eigenvalue weighted by Crippen LogP contribution is -2.21. The molecule has 1 aliphatic carbocycles. The molecule has 2 unspecified atom stereocenters. The first-order chi connectivity index (χ1) is 7.78. The number of hydrogen-bond acceptors (Lipinski definition) is 5. The lowest BCUT2D eigenvalue weighted by molar-refractivity contribution is 0.292. The predicted octanol–water partition coefficient (Wildman–Crippen LogP) is 1.77. The van der Waals surface area contributed by atoms with Crippen molar-refractivity contribution in [3.63, 3.8) is 0 Å². The highest BCUT2D eigenvalue weighted by molar-refractivity contribution is 5.16. The molecule has 2 atom stereocenters. The molecule has 0 aromatic carbocycles. The number of nitrogens with two attached hydrogens (primary N) is 1. The molecule has 1 saturated carbocycles. The minimum atomic E-state index is 0.301. The van der Waals surface area contributed by atoms with E-state index in [1.54, 1.807) is 0 Å². The van der Waals surface area contributed by atoms with Gasteiger partial charge in [-0.1, -0.05) is 24.9 Å². The average molecular weight is 224 g/mol. The van der Waals surface area contributed by atoms with E-state index in [1.165, 1.54) is 25.7 Å². The number of anilines is 1. The van der Waals surface area contributed by atoms with Gasteiger partial charge in [-0.05, 0) is 24.7 Å². The average Bonchev–Trinajstić information content (AvgIpc) is 2.74. The highest BCUT2D eigenvalue weighted by atomic mass is 16.4. The maximum atomic E-state index is 5.40. The second-order valence-electron chi connectivity index (χ2n) is 4.72. The van der Waals surface area contributed by atoms with Crippen molar-refractivity contribution in [2.75, 3.05) is 11.9 Å². The molecule has 1 aromatic rings. The van der Waals surface area contributed by atoms with Gasteiger partial charge >= 0.3 is 6.01 Å². The number of aromatic nitrogens is 2. The van der Waals surface area contributed by atoms with E-state index >= 15 is 0 Å². The summed E-state index contributed by atoms with van der Waals surface area (Å²) in [6.07, 6.45) is 5.31. The maximum absolute atomic E-state index is 5.40.